The van der Waals surface area contributed by atoms with Crippen LogP contribution in [-0.4, -0.2) is 38.8 Å². The summed E-state index contributed by atoms with van der Waals surface area (Å²) in [5.74, 6) is 2.05. The first-order valence-corrected chi connectivity index (χ1v) is 10.6. The number of methoxy groups -OCH3 is 4. The van der Waals surface area contributed by atoms with E-state index < -0.39 is 0 Å². The number of fused-ring (bicyclic) bond motifs is 1. The molecule has 6 heteroatoms. The Labute approximate surface area is 183 Å². The Morgan fingerprint density at radius 1 is 0.871 bits per heavy atom. The molecule has 0 aliphatic carbocycles. The zero-order valence-corrected chi connectivity index (χ0v) is 19.0. The molecule has 0 atom stereocenters. The number of unbranched alkanes of at least 4 members (excludes halogenated alkanes) is 3. The second kappa shape index (κ2) is 10.2. The van der Waals surface area contributed by atoms with Crippen molar-refractivity contribution in [2.45, 2.75) is 39.2 Å². The molecule has 1 heterocycles. The summed E-state index contributed by atoms with van der Waals surface area (Å²) in [5.41, 5.74) is 2.12. The third-order valence-electron chi connectivity index (χ3n) is 5.51. The second-order valence-electron chi connectivity index (χ2n) is 7.42. The summed E-state index contributed by atoms with van der Waals surface area (Å²) in [6.07, 6.45) is 6.56. The third kappa shape index (κ3) is 4.63. The maximum absolute atomic E-state index is 13.5. The van der Waals surface area contributed by atoms with Crippen molar-refractivity contribution in [3.05, 3.63) is 47.7 Å². The van der Waals surface area contributed by atoms with E-state index in [0.717, 1.165) is 36.0 Å². The van der Waals surface area contributed by atoms with Gasteiger partial charge in [0.15, 0.2) is 17.3 Å². The molecule has 0 N–H and O–H groups in total. The number of nitrogens with zero attached hydrogens (tertiary/aromatic N) is 1. The molecule has 0 aliphatic rings. The predicted molar refractivity (Wildman–Crippen MR) is 122 cm³/mol. The zero-order chi connectivity index (χ0) is 22.4. The van der Waals surface area contributed by atoms with Gasteiger partial charge in [0.2, 0.25) is 5.75 Å². The standard InChI is InChI=1S/C25H31NO5/c1-6-7-8-9-12-26-16-20(19-11-10-18(28-2)15-21(19)26)24(27)17-13-22(29-3)25(31-5)23(14-17)30-4/h10-11,13-16H,6-9,12H2,1-5H3. The van der Waals surface area contributed by atoms with E-state index in [0.29, 0.717) is 28.4 Å². The van der Waals surface area contributed by atoms with Crippen LogP contribution in [0.15, 0.2) is 36.5 Å². The Bertz CT molecular complexity index is 1030. The average molecular weight is 426 g/mol. The minimum absolute atomic E-state index is 0.0956. The number of hydrogen-bond donors (Lipinski definition) is 0. The molecule has 0 bridgehead atoms. The molecule has 0 amide bonds. The summed E-state index contributed by atoms with van der Waals surface area (Å²) < 4.78 is 23.8. The fourth-order valence-electron chi connectivity index (χ4n) is 3.84. The summed E-state index contributed by atoms with van der Waals surface area (Å²) >= 11 is 0. The van der Waals surface area contributed by atoms with Crippen molar-refractivity contribution in [2.75, 3.05) is 28.4 Å². The SMILES string of the molecule is CCCCCCn1cc(C(=O)c2cc(OC)c(OC)c(OC)c2)c2ccc(OC)cc21. The molecule has 0 saturated heterocycles. The molecule has 3 aromatic rings. The summed E-state index contributed by atoms with van der Waals surface area (Å²) in [6, 6.07) is 9.20. The average Bonchev–Trinajstić information content (AvgIpc) is 3.17. The minimum atomic E-state index is -0.0956. The van der Waals surface area contributed by atoms with E-state index in [9.17, 15) is 4.79 Å². The van der Waals surface area contributed by atoms with Gasteiger partial charge in [-0.1, -0.05) is 26.2 Å². The number of rotatable bonds is 11. The van der Waals surface area contributed by atoms with Crippen molar-refractivity contribution in [2.24, 2.45) is 0 Å². The van der Waals surface area contributed by atoms with Crippen LogP contribution in [0.1, 0.15) is 48.5 Å². The van der Waals surface area contributed by atoms with Crippen LogP contribution < -0.4 is 18.9 Å². The van der Waals surface area contributed by atoms with Crippen molar-refractivity contribution >= 4 is 16.7 Å². The first-order valence-electron chi connectivity index (χ1n) is 10.6. The molecule has 166 valence electrons. The van der Waals surface area contributed by atoms with E-state index in [-0.39, 0.29) is 5.78 Å². The second-order valence-corrected chi connectivity index (χ2v) is 7.42. The minimum Gasteiger partial charge on any atom is -0.497 e. The number of ketones is 1. The number of aromatic nitrogens is 1. The molecular formula is C25H31NO5. The molecule has 0 unspecified atom stereocenters. The predicted octanol–water partition coefficient (Wildman–Crippen LogP) is 5.49. The van der Waals surface area contributed by atoms with Gasteiger partial charge in [-0.05, 0) is 30.7 Å². The molecule has 6 nitrogen and oxygen atoms in total. The molecule has 1 aromatic heterocycles. The van der Waals surface area contributed by atoms with Gasteiger partial charge in [0.1, 0.15) is 5.75 Å². The van der Waals surface area contributed by atoms with E-state index >= 15 is 0 Å². The van der Waals surface area contributed by atoms with Gasteiger partial charge in [-0.15, -0.1) is 0 Å². The molecule has 0 fully saturated rings. The van der Waals surface area contributed by atoms with Gasteiger partial charge in [0.25, 0.3) is 0 Å². The normalized spacial score (nSPS) is 10.9. The maximum Gasteiger partial charge on any atom is 0.203 e. The Kier molecular flexibility index (Phi) is 7.45. The molecule has 0 aliphatic heterocycles. The van der Waals surface area contributed by atoms with Gasteiger partial charge < -0.3 is 23.5 Å². The van der Waals surface area contributed by atoms with Crippen LogP contribution in [0.2, 0.25) is 0 Å². The Hall–Kier alpha value is -3.15. The topological polar surface area (TPSA) is 58.9 Å². The van der Waals surface area contributed by atoms with Crippen LogP contribution in [0.25, 0.3) is 10.9 Å². The molecule has 31 heavy (non-hydrogen) atoms. The number of aryl methyl sites for hydroxylation is 1. The quantitative estimate of drug-likeness (QED) is 0.300. The smallest absolute Gasteiger partial charge is 0.203 e. The van der Waals surface area contributed by atoms with Crippen molar-refractivity contribution in [1.82, 2.24) is 4.57 Å². The number of ether oxygens (including phenoxy) is 4. The fraction of sp³-hybridized carbons (Fsp3) is 0.400. The number of hydrogen-bond acceptors (Lipinski definition) is 5. The highest BCUT2D eigenvalue weighted by atomic mass is 16.5. The lowest BCUT2D eigenvalue weighted by molar-refractivity contribution is 0.103. The Morgan fingerprint density at radius 2 is 1.58 bits per heavy atom. The van der Waals surface area contributed by atoms with Gasteiger partial charge in [-0.25, -0.2) is 0 Å². The number of carbonyl (C=O) groups is 1. The van der Waals surface area contributed by atoms with Crippen LogP contribution in [0.4, 0.5) is 0 Å². The Balaban J connectivity index is 2.06. The highest BCUT2D eigenvalue weighted by Gasteiger charge is 2.21. The van der Waals surface area contributed by atoms with Crippen molar-refractivity contribution in [3.8, 4) is 23.0 Å². The number of carbonyl (C=O) groups excluding carboxylic acids is 1. The summed E-state index contributed by atoms with van der Waals surface area (Å²) in [5, 5.41) is 0.898. The van der Waals surface area contributed by atoms with Crippen molar-refractivity contribution < 1.29 is 23.7 Å². The molecular weight excluding hydrogens is 394 g/mol. The first kappa shape index (κ1) is 22.5. The van der Waals surface area contributed by atoms with Crippen LogP contribution >= 0.6 is 0 Å². The molecule has 0 spiro atoms. The Morgan fingerprint density at radius 3 is 2.16 bits per heavy atom. The van der Waals surface area contributed by atoms with Crippen molar-refractivity contribution in [1.29, 1.82) is 0 Å². The lowest BCUT2D eigenvalue weighted by Crippen LogP contribution is -2.04. The highest BCUT2D eigenvalue weighted by molar-refractivity contribution is 6.17. The van der Waals surface area contributed by atoms with E-state index in [1.54, 1.807) is 40.6 Å². The zero-order valence-electron chi connectivity index (χ0n) is 19.0. The number of benzene rings is 2. The molecule has 0 radical (unpaired) electrons. The van der Waals surface area contributed by atoms with E-state index in [2.05, 4.69) is 11.5 Å². The monoisotopic (exact) mass is 425 g/mol. The third-order valence-corrected chi connectivity index (χ3v) is 5.51. The summed E-state index contributed by atoms with van der Waals surface area (Å²) in [6.45, 7) is 3.05. The van der Waals surface area contributed by atoms with E-state index in [1.807, 2.05) is 24.4 Å². The summed E-state index contributed by atoms with van der Waals surface area (Å²) in [4.78, 5) is 13.5. The van der Waals surface area contributed by atoms with Gasteiger partial charge >= 0.3 is 0 Å². The molecule has 0 saturated carbocycles. The lowest BCUT2D eigenvalue weighted by atomic mass is 10.0. The van der Waals surface area contributed by atoms with Gasteiger partial charge in [-0.2, -0.15) is 0 Å². The molecule has 2 aromatic carbocycles. The van der Waals surface area contributed by atoms with Gasteiger partial charge in [0.05, 0.1) is 34.0 Å². The van der Waals surface area contributed by atoms with Crippen LogP contribution in [0, 0.1) is 0 Å². The lowest BCUT2D eigenvalue weighted by Gasteiger charge is -2.13. The maximum atomic E-state index is 13.5. The van der Waals surface area contributed by atoms with Gasteiger partial charge in [-0.3, -0.25) is 4.79 Å². The van der Waals surface area contributed by atoms with E-state index in [4.69, 9.17) is 18.9 Å². The summed E-state index contributed by atoms with van der Waals surface area (Å²) in [7, 11) is 6.28. The van der Waals surface area contributed by atoms with Crippen LogP contribution in [-0.2, 0) is 6.54 Å². The van der Waals surface area contributed by atoms with Gasteiger partial charge in [0, 0.05) is 35.3 Å². The van der Waals surface area contributed by atoms with Crippen LogP contribution in [0.3, 0.4) is 0 Å². The van der Waals surface area contributed by atoms with Crippen molar-refractivity contribution in [3.63, 3.8) is 0 Å². The first-order chi connectivity index (χ1) is 15.1. The van der Waals surface area contributed by atoms with E-state index in [1.165, 1.54) is 12.8 Å². The van der Waals surface area contributed by atoms with Crippen LogP contribution in [0.5, 0.6) is 23.0 Å². The fourth-order valence-corrected chi connectivity index (χ4v) is 3.84. The molecule has 3 rings (SSSR count). The largest absolute Gasteiger partial charge is 0.497 e. The highest BCUT2D eigenvalue weighted by Crippen LogP contribution is 2.39.